The fourth-order valence-electron chi connectivity index (χ4n) is 1.06. The molecule has 0 spiro atoms. The van der Waals surface area contributed by atoms with E-state index in [0.717, 1.165) is 6.40 Å². The van der Waals surface area contributed by atoms with Crippen LogP contribution in [0.4, 0.5) is 0 Å². The largest absolute Gasteiger partial charge is 0.473 e. The molecule has 0 saturated carbocycles. The zero-order valence-corrected chi connectivity index (χ0v) is 10.4. The number of aliphatic imine (C=N–C) groups is 1. The maximum absolute atomic E-state index is 11.5. The van der Waals surface area contributed by atoms with E-state index in [4.69, 9.17) is 44.3 Å². The van der Waals surface area contributed by atoms with Gasteiger partial charge in [0.25, 0.3) is 0 Å². The maximum Gasteiger partial charge on any atom is 0.335 e. The van der Waals surface area contributed by atoms with E-state index in [1.54, 1.807) is 13.8 Å². The van der Waals surface area contributed by atoms with E-state index in [2.05, 4.69) is 4.99 Å². The molecule has 0 saturated heterocycles. The van der Waals surface area contributed by atoms with Crippen molar-refractivity contribution in [1.82, 2.24) is 0 Å². The van der Waals surface area contributed by atoms with E-state index in [0.29, 0.717) is 0 Å². The summed E-state index contributed by atoms with van der Waals surface area (Å²) in [4.78, 5) is 15.3. The predicted octanol–water partition coefficient (Wildman–Crippen LogP) is 2.10. The summed E-state index contributed by atoms with van der Waals surface area (Å²) in [5.41, 5.74) is 0. The molecular weight excluding hydrogens is 264 g/mol. The Morgan fingerprint density at radius 1 is 1.53 bits per heavy atom. The van der Waals surface area contributed by atoms with E-state index in [1.807, 2.05) is 0 Å². The van der Waals surface area contributed by atoms with Gasteiger partial charge in [-0.15, -0.1) is 0 Å². The standard InChI is InChI=1S/C8H10Cl3NO3/c1-4(2)15-7(13)5-6(8(9,10)11)14-3-12-5/h3-6H,1-2H3/t5-,6-/m0/s1. The lowest BCUT2D eigenvalue weighted by Gasteiger charge is -2.23. The second kappa shape index (κ2) is 4.76. The van der Waals surface area contributed by atoms with Gasteiger partial charge < -0.3 is 9.47 Å². The zero-order chi connectivity index (χ0) is 11.6. The molecule has 0 aliphatic carbocycles. The molecule has 1 rings (SSSR count). The molecule has 86 valence electrons. The molecule has 0 aromatic carbocycles. The Hall–Kier alpha value is -0.190. The van der Waals surface area contributed by atoms with Crippen molar-refractivity contribution in [3.8, 4) is 0 Å². The molecule has 0 amide bonds. The molecule has 0 N–H and O–H groups in total. The van der Waals surface area contributed by atoms with Gasteiger partial charge in [0, 0.05) is 0 Å². The number of halogens is 3. The molecular formula is C8H10Cl3NO3. The highest BCUT2D eigenvalue weighted by Gasteiger charge is 2.47. The number of ether oxygens (including phenoxy) is 2. The SMILES string of the molecule is CC(C)OC(=O)[C@H]1N=CO[C@@H]1C(Cl)(Cl)Cl. The number of carbonyl (C=O) groups is 1. The van der Waals surface area contributed by atoms with Gasteiger partial charge in [0.05, 0.1) is 6.10 Å². The Morgan fingerprint density at radius 3 is 2.60 bits per heavy atom. The lowest BCUT2D eigenvalue weighted by atomic mass is 10.2. The summed E-state index contributed by atoms with van der Waals surface area (Å²) in [6, 6.07) is -0.917. The highest BCUT2D eigenvalue weighted by Crippen LogP contribution is 2.36. The lowest BCUT2D eigenvalue weighted by Crippen LogP contribution is -2.41. The smallest absolute Gasteiger partial charge is 0.335 e. The van der Waals surface area contributed by atoms with Gasteiger partial charge in [0.1, 0.15) is 0 Å². The molecule has 1 aliphatic rings. The molecule has 0 unspecified atom stereocenters. The predicted molar refractivity (Wildman–Crippen MR) is 58.7 cm³/mol. The number of alkyl halides is 3. The van der Waals surface area contributed by atoms with Crippen molar-refractivity contribution in [1.29, 1.82) is 0 Å². The molecule has 0 aromatic heterocycles. The molecule has 0 aromatic rings. The van der Waals surface area contributed by atoms with Gasteiger partial charge in [-0.1, -0.05) is 34.8 Å². The molecule has 7 heteroatoms. The Balaban J connectivity index is 2.68. The average Bonchev–Trinajstić information content (AvgIpc) is 2.48. The van der Waals surface area contributed by atoms with Crippen molar-refractivity contribution < 1.29 is 14.3 Å². The fourth-order valence-corrected chi connectivity index (χ4v) is 1.57. The second-order valence-electron chi connectivity index (χ2n) is 3.28. The van der Waals surface area contributed by atoms with Gasteiger partial charge in [-0.05, 0) is 13.8 Å². The van der Waals surface area contributed by atoms with Crippen molar-refractivity contribution in [2.24, 2.45) is 4.99 Å². The van der Waals surface area contributed by atoms with Gasteiger partial charge in [-0.2, -0.15) is 0 Å². The van der Waals surface area contributed by atoms with Gasteiger partial charge in [0.15, 0.2) is 18.5 Å². The summed E-state index contributed by atoms with van der Waals surface area (Å²) >= 11 is 16.9. The van der Waals surface area contributed by atoms with Crippen LogP contribution in [-0.2, 0) is 14.3 Å². The second-order valence-corrected chi connectivity index (χ2v) is 5.65. The van der Waals surface area contributed by atoms with E-state index in [9.17, 15) is 4.79 Å². The molecule has 0 fully saturated rings. The monoisotopic (exact) mass is 273 g/mol. The summed E-state index contributed by atoms with van der Waals surface area (Å²) in [6.07, 6.45) is -0.0863. The normalized spacial score (nSPS) is 25.5. The topological polar surface area (TPSA) is 47.9 Å². The van der Waals surface area contributed by atoms with Crippen LogP contribution < -0.4 is 0 Å². The van der Waals surface area contributed by atoms with Gasteiger partial charge >= 0.3 is 5.97 Å². The van der Waals surface area contributed by atoms with Gasteiger partial charge in [-0.3, -0.25) is 0 Å². The molecule has 1 heterocycles. The van der Waals surface area contributed by atoms with Crippen LogP contribution in [0.25, 0.3) is 0 Å². The number of nitrogens with zero attached hydrogens (tertiary/aromatic N) is 1. The van der Waals surface area contributed by atoms with Crippen LogP contribution in [0.5, 0.6) is 0 Å². The third kappa shape index (κ3) is 3.40. The van der Waals surface area contributed by atoms with E-state index >= 15 is 0 Å². The van der Waals surface area contributed by atoms with Crippen LogP contribution in [0.3, 0.4) is 0 Å². The first-order valence-corrected chi connectivity index (χ1v) is 5.40. The Bertz CT molecular complexity index is 275. The maximum atomic E-state index is 11.5. The summed E-state index contributed by atoms with van der Waals surface area (Å²) in [5.74, 6) is -0.560. The quantitative estimate of drug-likeness (QED) is 0.572. The third-order valence-corrected chi connectivity index (χ3v) is 2.28. The molecule has 0 radical (unpaired) electrons. The number of hydrogen-bond acceptors (Lipinski definition) is 4. The minimum Gasteiger partial charge on any atom is -0.473 e. The first-order chi connectivity index (χ1) is 6.82. The summed E-state index contributed by atoms with van der Waals surface area (Å²) < 4.78 is 8.18. The molecule has 15 heavy (non-hydrogen) atoms. The number of rotatable bonds is 2. The van der Waals surface area contributed by atoms with Crippen LogP contribution in [-0.4, -0.2) is 34.4 Å². The zero-order valence-electron chi connectivity index (χ0n) is 8.12. The highest BCUT2D eigenvalue weighted by atomic mass is 35.6. The number of carbonyl (C=O) groups excluding carboxylic acids is 1. The Kier molecular flexibility index (Phi) is 4.09. The van der Waals surface area contributed by atoms with E-state index < -0.39 is 21.9 Å². The molecule has 2 atom stereocenters. The van der Waals surface area contributed by atoms with E-state index in [1.165, 1.54) is 0 Å². The average molecular weight is 275 g/mol. The van der Waals surface area contributed by atoms with Crippen LogP contribution >= 0.6 is 34.8 Å². The number of esters is 1. The Labute approximate surface area is 102 Å². The summed E-state index contributed by atoms with van der Waals surface area (Å²) in [7, 11) is 0. The molecule has 4 nitrogen and oxygen atoms in total. The van der Waals surface area contributed by atoms with Gasteiger partial charge in [-0.25, -0.2) is 9.79 Å². The number of hydrogen-bond donors (Lipinski definition) is 0. The van der Waals surface area contributed by atoms with Crippen LogP contribution in [0.2, 0.25) is 0 Å². The first kappa shape index (κ1) is 12.9. The van der Waals surface area contributed by atoms with Crippen LogP contribution in [0.1, 0.15) is 13.8 Å². The van der Waals surface area contributed by atoms with Gasteiger partial charge in [0.2, 0.25) is 3.79 Å². The first-order valence-electron chi connectivity index (χ1n) is 4.26. The van der Waals surface area contributed by atoms with Crippen molar-refractivity contribution in [2.45, 2.75) is 35.9 Å². The minimum atomic E-state index is -1.71. The van der Waals surface area contributed by atoms with Crippen molar-refractivity contribution in [3.63, 3.8) is 0 Å². The Morgan fingerprint density at radius 2 is 2.13 bits per heavy atom. The van der Waals surface area contributed by atoms with Crippen LogP contribution in [0.15, 0.2) is 4.99 Å². The molecule has 0 bridgehead atoms. The summed E-state index contributed by atoms with van der Waals surface area (Å²) in [6.45, 7) is 3.45. The molecule has 1 aliphatic heterocycles. The van der Waals surface area contributed by atoms with E-state index in [-0.39, 0.29) is 6.10 Å². The minimum absolute atomic E-state index is 0.246. The lowest BCUT2D eigenvalue weighted by molar-refractivity contribution is -0.150. The van der Waals surface area contributed by atoms with Crippen LogP contribution in [0, 0.1) is 0 Å². The summed E-state index contributed by atoms with van der Waals surface area (Å²) in [5, 5.41) is 0. The fraction of sp³-hybridized carbons (Fsp3) is 0.750. The van der Waals surface area contributed by atoms with Crippen molar-refractivity contribution in [3.05, 3.63) is 0 Å². The van der Waals surface area contributed by atoms with Crippen molar-refractivity contribution in [2.75, 3.05) is 0 Å². The van der Waals surface area contributed by atoms with Crippen molar-refractivity contribution >= 4 is 47.2 Å². The highest BCUT2D eigenvalue weighted by molar-refractivity contribution is 6.68. The third-order valence-electron chi connectivity index (χ3n) is 1.63.